The molecule has 1 aliphatic rings. The summed E-state index contributed by atoms with van der Waals surface area (Å²) in [6.45, 7) is 0.355. The lowest BCUT2D eigenvalue weighted by molar-refractivity contribution is -0.384. The van der Waals surface area contributed by atoms with E-state index < -0.39 is 11.0 Å². The van der Waals surface area contributed by atoms with Gasteiger partial charge in [0.25, 0.3) is 0 Å². The lowest BCUT2D eigenvalue weighted by Gasteiger charge is -2.23. The van der Waals surface area contributed by atoms with E-state index in [1.54, 1.807) is 0 Å². The summed E-state index contributed by atoms with van der Waals surface area (Å²) in [5, 5.41) is 16.1. The van der Waals surface area contributed by atoms with Gasteiger partial charge in [0, 0.05) is 25.9 Å². The second-order valence-electron chi connectivity index (χ2n) is 4.84. The first kappa shape index (κ1) is 15.7. The lowest BCUT2D eigenvalue weighted by Crippen LogP contribution is -2.46. The van der Waals surface area contributed by atoms with Gasteiger partial charge in [-0.1, -0.05) is 0 Å². The van der Waals surface area contributed by atoms with E-state index >= 15 is 0 Å². The number of anilines is 1. The molecule has 2 amide bonds. The number of carbonyl (C=O) groups is 2. The predicted molar refractivity (Wildman–Crippen MR) is 78.2 cm³/mol. The van der Waals surface area contributed by atoms with Crippen LogP contribution in [0.4, 0.5) is 11.5 Å². The maximum atomic E-state index is 12.2. The molecule has 1 aromatic heterocycles. The lowest BCUT2D eigenvalue weighted by atomic mass is 10.2. The molecule has 0 aromatic carbocycles. The number of likely N-dealkylation sites (N-methyl/N-ethyl adjacent to an activating group) is 1. The van der Waals surface area contributed by atoms with Crippen LogP contribution in [0.3, 0.4) is 0 Å². The molecular weight excluding hydrogens is 290 g/mol. The van der Waals surface area contributed by atoms with Crippen LogP contribution in [0, 0.1) is 10.1 Å². The van der Waals surface area contributed by atoms with Gasteiger partial charge in [0.05, 0.1) is 11.5 Å². The van der Waals surface area contributed by atoms with Crippen LogP contribution in [0.25, 0.3) is 0 Å². The Morgan fingerprint density at radius 1 is 1.55 bits per heavy atom. The van der Waals surface area contributed by atoms with Crippen LogP contribution in [-0.4, -0.2) is 52.8 Å². The maximum Gasteiger partial charge on any atom is 0.311 e. The summed E-state index contributed by atoms with van der Waals surface area (Å²) in [6, 6.07) is 2.29. The third-order valence-corrected chi connectivity index (χ3v) is 3.51. The van der Waals surface area contributed by atoms with Gasteiger partial charge in [0.1, 0.15) is 6.04 Å². The number of amides is 2. The molecule has 1 aliphatic heterocycles. The number of nitrogens with zero attached hydrogens (tertiary/aromatic N) is 3. The normalized spacial score (nSPS) is 17.1. The van der Waals surface area contributed by atoms with E-state index in [1.807, 2.05) is 0 Å². The average Bonchev–Trinajstić information content (AvgIpc) is 3.01. The van der Waals surface area contributed by atoms with Crippen molar-refractivity contribution in [1.82, 2.24) is 15.2 Å². The zero-order valence-corrected chi connectivity index (χ0v) is 12.1. The number of nitro groups is 1. The number of nitrogens with one attached hydrogen (secondary N) is 2. The second kappa shape index (κ2) is 6.83. The standard InChI is InChI=1S/C13H17N5O4/c1-14-13(20)10-5-3-7-17(10)11(19)8-16-12-9(18(21)22)4-2-6-15-12/h2,4,6,10H,3,5,7-8H2,1H3,(H,14,20)(H,15,16)/t10-/m0/s1. The minimum absolute atomic E-state index is 0.0385. The van der Waals surface area contributed by atoms with Crippen molar-refractivity contribution in [2.75, 3.05) is 25.5 Å². The molecule has 0 spiro atoms. The van der Waals surface area contributed by atoms with Crippen LogP contribution in [0.15, 0.2) is 18.3 Å². The molecule has 118 valence electrons. The molecule has 0 radical (unpaired) electrons. The molecule has 1 saturated heterocycles. The third-order valence-electron chi connectivity index (χ3n) is 3.51. The fraction of sp³-hybridized carbons (Fsp3) is 0.462. The average molecular weight is 307 g/mol. The van der Waals surface area contributed by atoms with Crippen molar-refractivity contribution in [3.8, 4) is 0 Å². The Hall–Kier alpha value is -2.71. The van der Waals surface area contributed by atoms with Gasteiger partial charge in [-0.3, -0.25) is 19.7 Å². The topological polar surface area (TPSA) is 117 Å². The van der Waals surface area contributed by atoms with Crippen molar-refractivity contribution < 1.29 is 14.5 Å². The smallest absolute Gasteiger partial charge is 0.311 e. The van der Waals surface area contributed by atoms with Crippen molar-refractivity contribution in [3.05, 3.63) is 28.4 Å². The van der Waals surface area contributed by atoms with E-state index in [-0.39, 0.29) is 29.9 Å². The molecule has 1 aromatic rings. The van der Waals surface area contributed by atoms with Crippen LogP contribution < -0.4 is 10.6 Å². The van der Waals surface area contributed by atoms with Gasteiger partial charge in [-0.05, 0) is 18.9 Å². The Kier molecular flexibility index (Phi) is 4.87. The first-order chi connectivity index (χ1) is 10.5. The summed E-state index contributed by atoms with van der Waals surface area (Å²) >= 11 is 0. The summed E-state index contributed by atoms with van der Waals surface area (Å²) < 4.78 is 0. The van der Waals surface area contributed by atoms with Gasteiger partial charge in [0.2, 0.25) is 17.6 Å². The number of likely N-dealkylation sites (tertiary alicyclic amines) is 1. The number of hydrogen-bond donors (Lipinski definition) is 2. The minimum atomic E-state index is -0.566. The van der Waals surface area contributed by atoms with E-state index in [1.165, 1.54) is 30.3 Å². The van der Waals surface area contributed by atoms with Crippen molar-refractivity contribution in [2.24, 2.45) is 0 Å². The maximum absolute atomic E-state index is 12.2. The van der Waals surface area contributed by atoms with E-state index in [4.69, 9.17) is 0 Å². The third kappa shape index (κ3) is 3.30. The van der Waals surface area contributed by atoms with Crippen molar-refractivity contribution in [3.63, 3.8) is 0 Å². The second-order valence-corrected chi connectivity index (χ2v) is 4.84. The largest absolute Gasteiger partial charge is 0.357 e. The van der Waals surface area contributed by atoms with Crippen molar-refractivity contribution in [2.45, 2.75) is 18.9 Å². The Labute approximate surface area is 126 Å². The fourth-order valence-corrected chi connectivity index (χ4v) is 2.45. The van der Waals surface area contributed by atoms with Gasteiger partial charge < -0.3 is 15.5 Å². The van der Waals surface area contributed by atoms with Gasteiger partial charge in [-0.2, -0.15) is 0 Å². The molecule has 2 rings (SSSR count). The molecule has 1 atom stereocenters. The zero-order chi connectivity index (χ0) is 16.1. The molecule has 1 fully saturated rings. The first-order valence-corrected chi connectivity index (χ1v) is 6.89. The van der Waals surface area contributed by atoms with Gasteiger partial charge in [-0.25, -0.2) is 4.98 Å². The van der Waals surface area contributed by atoms with E-state index in [9.17, 15) is 19.7 Å². The Morgan fingerprint density at radius 3 is 3.00 bits per heavy atom. The quantitative estimate of drug-likeness (QED) is 0.590. The summed E-state index contributed by atoms with van der Waals surface area (Å²) in [5.41, 5.74) is -0.195. The number of pyridine rings is 1. The molecule has 2 heterocycles. The van der Waals surface area contributed by atoms with E-state index in [2.05, 4.69) is 15.6 Å². The van der Waals surface area contributed by atoms with Crippen molar-refractivity contribution in [1.29, 1.82) is 0 Å². The molecule has 9 heteroatoms. The first-order valence-electron chi connectivity index (χ1n) is 6.89. The summed E-state index contributed by atoms with van der Waals surface area (Å²) in [7, 11) is 1.53. The van der Waals surface area contributed by atoms with E-state index in [0.717, 1.165) is 6.42 Å². The molecular formula is C13H17N5O4. The highest BCUT2D eigenvalue weighted by Crippen LogP contribution is 2.21. The van der Waals surface area contributed by atoms with Gasteiger partial charge >= 0.3 is 5.69 Å². The number of aromatic nitrogens is 1. The number of rotatable bonds is 5. The molecule has 0 bridgehead atoms. The Morgan fingerprint density at radius 2 is 2.32 bits per heavy atom. The molecule has 22 heavy (non-hydrogen) atoms. The Bertz CT molecular complexity index is 592. The highest BCUT2D eigenvalue weighted by Gasteiger charge is 2.33. The highest BCUT2D eigenvalue weighted by atomic mass is 16.6. The van der Waals surface area contributed by atoms with Crippen LogP contribution in [-0.2, 0) is 9.59 Å². The fourth-order valence-electron chi connectivity index (χ4n) is 2.45. The van der Waals surface area contributed by atoms with Crippen LogP contribution in [0.5, 0.6) is 0 Å². The summed E-state index contributed by atoms with van der Waals surface area (Å²) in [5.74, 6) is -0.447. The molecule has 0 saturated carbocycles. The van der Waals surface area contributed by atoms with Crippen molar-refractivity contribution >= 4 is 23.3 Å². The van der Waals surface area contributed by atoms with E-state index in [0.29, 0.717) is 13.0 Å². The van der Waals surface area contributed by atoms with Gasteiger partial charge in [-0.15, -0.1) is 0 Å². The summed E-state index contributed by atoms with van der Waals surface area (Å²) in [4.78, 5) is 39.6. The zero-order valence-electron chi connectivity index (χ0n) is 12.1. The van der Waals surface area contributed by atoms with Crippen LogP contribution in [0.1, 0.15) is 12.8 Å². The Balaban J connectivity index is 2.01. The molecule has 0 aliphatic carbocycles. The molecule has 0 unspecified atom stereocenters. The SMILES string of the molecule is CNC(=O)[C@@H]1CCCN1C(=O)CNc1ncccc1[N+](=O)[O-]. The number of hydrogen-bond acceptors (Lipinski definition) is 6. The van der Waals surface area contributed by atoms with Gasteiger partial charge in [0.15, 0.2) is 0 Å². The number of carbonyl (C=O) groups excluding carboxylic acids is 2. The van der Waals surface area contributed by atoms with Crippen LogP contribution in [0.2, 0.25) is 0 Å². The minimum Gasteiger partial charge on any atom is -0.357 e. The molecule has 2 N–H and O–H groups in total. The summed E-state index contributed by atoms with van der Waals surface area (Å²) in [6.07, 6.45) is 2.78. The predicted octanol–water partition coefficient (Wildman–Crippen LogP) is 0.139. The highest BCUT2D eigenvalue weighted by molar-refractivity contribution is 5.89. The van der Waals surface area contributed by atoms with Crippen LogP contribution >= 0.6 is 0 Å². The monoisotopic (exact) mass is 307 g/mol. The molecule has 9 nitrogen and oxygen atoms in total.